The first-order chi connectivity index (χ1) is 12.3. The molecule has 2 aliphatic heterocycles. The van der Waals surface area contributed by atoms with E-state index in [4.69, 9.17) is 14.2 Å². The predicted molar refractivity (Wildman–Crippen MR) is 96.8 cm³/mol. The third kappa shape index (κ3) is 3.74. The Bertz CT molecular complexity index is 702. The number of rotatable bonds is 4. The molecule has 1 saturated heterocycles. The van der Waals surface area contributed by atoms with E-state index in [1.807, 2.05) is 12.2 Å². The summed E-state index contributed by atoms with van der Waals surface area (Å²) in [5.41, 5.74) is 2.73. The van der Waals surface area contributed by atoms with Crippen LogP contribution in [0.5, 0.6) is 0 Å². The molecule has 0 aromatic heterocycles. The second-order valence-corrected chi connectivity index (χ2v) is 6.93. The molecule has 1 aromatic rings. The molecule has 4 rings (SSSR count). The molecule has 0 spiro atoms. The van der Waals surface area contributed by atoms with Gasteiger partial charge < -0.3 is 19.5 Å². The van der Waals surface area contributed by atoms with Gasteiger partial charge in [-0.15, -0.1) is 0 Å². The minimum Gasteiger partial charge on any atom is -0.493 e. The van der Waals surface area contributed by atoms with Crippen molar-refractivity contribution in [1.82, 2.24) is 5.32 Å². The van der Waals surface area contributed by atoms with Crippen molar-refractivity contribution in [3.05, 3.63) is 70.9 Å². The Kier molecular flexibility index (Phi) is 4.79. The summed E-state index contributed by atoms with van der Waals surface area (Å²) in [5.74, 6) is 3.55. The Labute approximate surface area is 149 Å². The quantitative estimate of drug-likeness (QED) is 0.906. The molecule has 0 radical (unpaired) electrons. The normalized spacial score (nSPS) is 25.6. The van der Waals surface area contributed by atoms with Crippen LogP contribution in [0.25, 0.3) is 0 Å². The lowest BCUT2D eigenvalue weighted by atomic mass is 9.81. The van der Waals surface area contributed by atoms with Gasteiger partial charge in [0.1, 0.15) is 11.5 Å². The van der Waals surface area contributed by atoms with Crippen molar-refractivity contribution in [2.45, 2.75) is 25.7 Å². The van der Waals surface area contributed by atoms with Gasteiger partial charge in [0.25, 0.3) is 0 Å². The molecule has 0 amide bonds. The number of benzene rings is 1. The molecule has 1 aromatic carbocycles. The van der Waals surface area contributed by atoms with Gasteiger partial charge in [-0.2, -0.15) is 0 Å². The molecule has 4 nitrogen and oxygen atoms in total. The largest absolute Gasteiger partial charge is 0.493 e. The van der Waals surface area contributed by atoms with Crippen molar-refractivity contribution in [3.8, 4) is 0 Å². The molecular formula is C21H25NO3. The highest BCUT2D eigenvalue weighted by molar-refractivity contribution is 5.31. The van der Waals surface area contributed by atoms with Gasteiger partial charge in [0, 0.05) is 25.0 Å². The van der Waals surface area contributed by atoms with Gasteiger partial charge in [-0.25, -0.2) is 0 Å². The van der Waals surface area contributed by atoms with Crippen molar-refractivity contribution in [1.29, 1.82) is 0 Å². The van der Waals surface area contributed by atoms with Crippen LogP contribution in [0.1, 0.15) is 29.9 Å². The molecular weight excluding hydrogens is 314 g/mol. The van der Waals surface area contributed by atoms with Crippen LogP contribution < -0.4 is 5.32 Å². The lowest BCUT2D eigenvalue weighted by molar-refractivity contribution is 0.0722. The second-order valence-electron chi connectivity index (χ2n) is 6.93. The summed E-state index contributed by atoms with van der Waals surface area (Å²) in [6.45, 7) is 5.20. The Hall–Kier alpha value is -2.20. The Balaban J connectivity index is 1.44. The maximum absolute atomic E-state index is 6.15. The van der Waals surface area contributed by atoms with E-state index in [1.165, 1.54) is 11.1 Å². The molecule has 25 heavy (non-hydrogen) atoms. The van der Waals surface area contributed by atoms with E-state index in [-0.39, 0.29) is 0 Å². The molecule has 1 N–H and O–H groups in total. The summed E-state index contributed by atoms with van der Waals surface area (Å²) in [4.78, 5) is 0. The fourth-order valence-corrected chi connectivity index (χ4v) is 3.70. The summed E-state index contributed by atoms with van der Waals surface area (Å²) in [7, 11) is 0. The van der Waals surface area contributed by atoms with E-state index < -0.39 is 0 Å². The van der Waals surface area contributed by atoms with Crippen LogP contribution in [-0.2, 0) is 14.2 Å². The fourth-order valence-electron chi connectivity index (χ4n) is 3.70. The van der Waals surface area contributed by atoms with Gasteiger partial charge in [0.2, 0.25) is 6.79 Å². The van der Waals surface area contributed by atoms with Crippen molar-refractivity contribution < 1.29 is 14.2 Å². The lowest BCUT2D eigenvalue weighted by Crippen LogP contribution is -2.37. The first kappa shape index (κ1) is 16.3. The topological polar surface area (TPSA) is 39.7 Å². The summed E-state index contributed by atoms with van der Waals surface area (Å²) < 4.78 is 17.1. The van der Waals surface area contributed by atoms with Gasteiger partial charge in [-0.1, -0.05) is 35.9 Å². The first-order valence-corrected chi connectivity index (χ1v) is 9.06. The van der Waals surface area contributed by atoms with Gasteiger partial charge in [0.05, 0.1) is 6.61 Å². The highest BCUT2D eigenvalue weighted by Gasteiger charge is 2.27. The maximum Gasteiger partial charge on any atom is 0.230 e. The van der Waals surface area contributed by atoms with E-state index in [0.717, 1.165) is 43.2 Å². The third-order valence-electron chi connectivity index (χ3n) is 5.16. The van der Waals surface area contributed by atoms with Gasteiger partial charge in [0.15, 0.2) is 5.76 Å². The zero-order valence-corrected chi connectivity index (χ0v) is 14.7. The van der Waals surface area contributed by atoms with Gasteiger partial charge in [-0.05, 0) is 37.4 Å². The average molecular weight is 339 g/mol. The van der Waals surface area contributed by atoms with E-state index in [9.17, 15) is 0 Å². The van der Waals surface area contributed by atoms with Crippen LogP contribution in [0.15, 0.2) is 59.8 Å². The molecule has 0 bridgehead atoms. The summed E-state index contributed by atoms with van der Waals surface area (Å²) >= 11 is 0. The van der Waals surface area contributed by atoms with Crippen molar-refractivity contribution in [2.75, 3.05) is 26.5 Å². The molecule has 1 aliphatic carbocycles. The summed E-state index contributed by atoms with van der Waals surface area (Å²) in [6.07, 6.45) is 7.94. The van der Waals surface area contributed by atoms with Crippen LogP contribution in [0.2, 0.25) is 0 Å². The zero-order chi connectivity index (χ0) is 17.1. The fraction of sp³-hybridized carbons (Fsp3) is 0.429. The lowest BCUT2D eigenvalue weighted by Gasteiger charge is -2.32. The third-order valence-corrected chi connectivity index (χ3v) is 5.16. The van der Waals surface area contributed by atoms with E-state index in [0.29, 0.717) is 25.2 Å². The molecule has 3 aliphatic rings. The zero-order valence-electron chi connectivity index (χ0n) is 14.7. The molecule has 0 unspecified atom stereocenters. The number of ether oxygens (including phenoxy) is 3. The van der Waals surface area contributed by atoms with Crippen LogP contribution in [-0.4, -0.2) is 26.5 Å². The number of piperidine rings is 1. The Morgan fingerprint density at radius 1 is 1.20 bits per heavy atom. The van der Waals surface area contributed by atoms with Crippen LogP contribution in [0.4, 0.5) is 0 Å². The molecule has 0 saturated carbocycles. The monoisotopic (exact) mass is 339 g/mol. The number of hydrogen-bond acceptors (Lipinski definition) is 4. The first-order valence-electron chi connectivity index (χ1n) is 9.06. The molecule has 4 heteroatoms. The van der Waals surface area contributed by atoms with Gasteiger partial charge in [-0.3, -0.25) is 0 Å². The second kappa shape index (κ2) is 7.36. The molecule has 2 heterocycles. The standard InChI is InChI=1S/C21H25NO3/c1-15-5-7-16(8-6-15)19-9-10-22-12-17(19)13-23-18-3-2-4-20-21(11-18)25-14-24-20/h2-3,5-8,11,17,19,22H,4,9-10,12-14H2,1H3/t17-,19-/m0/s1. The number of allylic oxidation sites excluding steroid dienone is 3. The van der Waals surface area contributed by atoms with Crippen LogP contribution in [0, 0.1) is 12.8 Å². The van der Waals surface area contributed by atoms with E-state index in [2.05, 4.69) is 42.6 Å². The average Bonchev–Trinajstić information content (AvgIpc) is 2.98. The highest BCUT2D eigenvalue weighted by atomic mass is 16.7. The highest BCUT2D eigenvalue weighted by Crippen LogP contribution is 2.32. The summed E-state index contributed by atoms with van der Waals surface area (Å²) in [6, 6.07) is 8.95. The van der Waals surface area contributed by atoms with Crippen molar-refractivity contribution in [3.63, 3.8) is 0 Å². The predicted octanol–water partition coefficient (Wildman–Crippen LogP) is 3.76. The van der Waals surface area contributed by atoms with Gasteiger partial charge >= 0.3 is 0 Å². The SMILES string of the molecule is Cc1ccc([C@@H]2CCNC[C@H]2COC2=CC3=C(CC=C2)OCO3)cc1. The minimum absolute atomic E-state index is 0.310. The molecule has 2 atom stereocenters. The van der Waals surface area contributed by atoms with Crippen LogP contribution >= 0.6 is 0 Å². The minimum atomic E-state index is 0.310. The summed E-state index contributed by atoms with van der Waals surface area (Å²) in [5, 5.41) is 3.51. The van der Waals surface area contributed by atoms with Crippen molar-refractivity contribution in [2.24, 2.45) is 5.92 Å². The van der Waals surface area contributed by atoms with E-state index in [1.54, 1.807) is 0 Å². The Morgan fingerprint density at radius 3 is 2.96 bits per heavy atom. The van der Waals surface area contributed by atoms with Crippen molar-refractivity contribution >= 4 is 0 Å². The maximum atomic E-state index is 6.15. The number of nitrogens with one attached hydrogen (secondary N) is 1. The van der Waals surface area contributed by atoms with Crippen LogP contribution in [0.3, 0.4) is 0 Å². The smallest absolute Gasteiger partial charge is 0.230 e. The molecule has 1 fully saturated rings. The Morgan fingerprint density at radius 2 is 2.08 bits per heavy atom. The van der Waals surface area contributed by atoms with E-state index >= 15 is 0 Å². The number of aryl methyl sites for hydroxylation is 1. The number of hydrogen-bond donors (Lipinski definition) is 1. The molecule has 132 valence electrons.